The third-order valence-electron chi connectivity index (χ3n) is 4.43. The van der Waals surface area contributed by atoms with Crippen LogP contribution in [-0.2, 0) is 4.74 Å². The highest BCUT2D eigenvalue weighted by molar-refractivity contribution is 5.68. The molecule has 2 rings (SSSR count). The molecule has 0 aromatic carbocycles. The molecule has 1 heterocycles. The number of piperazine rings is 1. The summed E-state index contributed by atoms with van der Waals surface area (Å²) in [5, 5.41) is 3.60. The Hall–Kier alpha value is -0.770. The van der Waals surface area contributed by atoms with Gasteiger partial charge in [-0.25, -0.2) is 4.79 Å². The molecule has 1 aliphatic heterocycles. The van der Waals surface area contributed by atoms with Crippen molar-refractivity contribution in [1.82, 2.24) is 10.2 Å². The second-order valence-corrected chi connectivity index (χ2v) is 8.15. The second kappa shape index (κ2) is 5.55. The number of rotatable bonds is 1. The molecule has 2 aliphatic rings. The summed E-state index contributed by atoms with van der Waals surface area (Å²) in [5.41, 5.74) is 0.0490. The van der Waals surface area contributed by atoms with Crippen LogP contribution in [0.4, 0.5) is 4.79 Å². The molecule has 2 fully saturated rings. The predicted molar refractivity (Wildman–Crippen MR) is 80.7 cm³/mol. The van der Waals surface area contributed by atoms with Gasteiger partial charge < -0.3 is 15.0 Å². The minimum absolute atomic E-state index is 0.166. The zero-order chi connectivity index (χ0) is 15.0. The summed E-state index contributed by atoms with van der Waals surface area (Å²) >= 11 is 0. The van der Waals surface area contributed by atoms with E-state index < -0.39 is 5.60 Å². The van der Waals surface area contributed by atoms with E-state index in [2.05, 4.69) is 19.2 Å². The fourth-order valence-electron chi connectivity index (χ4n) is 3.42. The van der Waals surface area contributed by atoms with Gasteiger partial charge in [0.1, 0.15) is 5.60 Å². The van der Waals surface area contributed by atoms with Crippen molar-refractivity contribution in [2.24, 2.45) is 11.3 Å². The van der Waals surface area contributed by atoms with Gasteiger partial charge in [-0.15, -0.1) is 0 Å². The third kappa shape index (κ3) is 4.11. The molecule has 0 aromatic rings. The molecule has 0 bridgehead atoms. The summed E-state index contributed by atoms with van der Waals surface area (Å²) in [5.74, 6) is 0.690. The topological polar surface area (TPSA) is 41.6 Å². The fourth-order valence-corrected chi connectivity index (χ4v) is 3.42. The van der Waals surface area contributed by atoms with Gasteiger partial charge in [0.05, 0.1) is 0 Å². The van der Waals surface area contributed by atoms with Crippen LogP contribution in [0, 0.1) is 11.3 Å². The van der Waals surface area contributed by atoms with Crippen LogP contribution in [0.2, 0.25) is 0 Å². The van der Waals surface area contributed by atoms with Crippen LogP contribution in [-0.4, -0.2) is 42.3 Å². The highest BCUT2D eigenvalue weighted by atomic mass is 16.6. The zero-order valence-corrected chi connectivity index (χ0v) is 13.7. The normalized spacial score (nSPS) is 30.4. The average molecular weight is 282 g/mol. The van der Waals surface area contributed by atoms with Gasteiger partial charge in [0.25, 0.3) is 0 Å². The highest BCUT2D eigenvalue weighted by Crippen LogP contribution is 2.42. The van der Waals surface area contributed by atoms with Crippen molar-refractivity contribution in [1.29, 1.82) is 0 Å². The van der Waals surface area contributed by atoms with E-state index in [4.69, 9.17) is 4.74 Å². The Morgan fingerprint density at radius 1 is 1.35 bits per heavy atom. The summed E-state index contributed by atoms with van der Waals surface area (Å²) in [6.45, 7) is 12.9. The van der Waals surface area contributed by atoms with E-state index in [1.807, 2.05) is 25.7 Å². The largest absolute Gasteiger partial charge is 0.444 e. The Labute approximate surface area is 123 Å². The number of nitrogens with one attached hydrogen (secondary N) is 1. The van der Waals surface area contributed by atoms with Crippen molar-refractivity contribution in [3.8, 4) is 0 Å². The molecule has 0 radical (unpaired) electrons. The van der Waals surface area contributed by atoms with Crippen LogP contribution >= 0.6 is 0 Å². The standard InChI is InChI=1S/C16H30N2O2/c1-15(2,3)20-14(19)18-9-8-17-13(11-18)12-6-7-16(4,5)10-12/h12-13,17H,6-11H2,1-5H3. The number of carbonyl (C=O) groups is 1. The average Bonchev–Trinajstić information content (AvgIpc) is 2.68. The first-order valence-electron chi connectivity index (χ1n) is 7.88. The van der Waals surface area contributed by atoms with Gasteiger partial charge in [0, 0.05) is 25.7 Å². The first-order valence-corrected chi connectivity index (χ1v) is 7.88. The van der Waals surface area contributed by atoms with Crippen molar-refractivity contribution in [3.05, 3.63) is 0 Å². The highest BCUT2D eigenvalue weighted by Gasteiger charge is 2.38. The van der Waals surface area contributed by atoms with Crippen LogP contribution < -0.4 is 5.32 Å². The van der Waals surface area contributed by atoms with Crippen LogP contribution in [0.1, 0.15) is 53.9 Å². The van der Waals surface area contributed by atoms with E-state index in [1.165, 1.54) is 19.3 Å². The lowest BCUT2D eigenvalue weighted by Crippen LogP contribution is -2.55. The molecule has 2 atom stereocenters. The first-order chi connectivity index (χ1) is 9.16. The van der Waals surface area contributed by atoms with Crippen molar-refractivity contribution in [3.63, 3.8) is 0 Å². The Morgan fingerprint density at radius 2 is 2.05 bits per heavy atom. The Morgan fingerprint density at radius 3 is 2.60 bits per heavy atom. The van der Waals surface area contributed by atoms with Crippen molar-refractivity contribution >= 4 is 6.09 Å². The predicted octanol–water partition coefficient (Wildman–Crippen LogP) is 3.02. The molecule has 20 heavy (non-hydrogen) atoms. The molecular formula is C16H30N2O2. The minimum Gasteiger partial charge on any atom is -0.444 e. The Bertz CT molecular complexity index is 360. The lowest BCUT2D eigenvalue weighted by atomic mass is 9.88. The van der Waals surface area contributed by atoms with Gasteiger partial charge in [-0.2, -0.15) is 0 Å². The molecule has 4 nitrogen and oxygen atoms in total. The van der Waals surface area contributed by atoms with Crippen LogP contribution in [0.3, 0.4) is 0 Å². The number of hydrogen-bond acceptors (Lipinski definition) is 3. The molecule has 1 saturated heterocycles. The molecule has 0 aromatic heterocycles. The molecule has 1 amide bonds. The maximum atomic E-state index is 12.2. The van der Waals surface area contributed by atoms with Gasteiger partial charge in [0.15, 0.2) is 0 Å². The molecule has 1 N–H and O–H groups in total. The molecule has 1 saturated carbocycles. The Kier molecular flexibility index (Phi) is 4.33. The Balaban J connectivity index is 1.90. The number of amides is 1. The number of carbonyl (C=O) groups excluding carboxylic acids is 1. The first kappa shape index (κ1) is 15.6. The summed E-state index contributed by atoms with van der Waals surface area (Å²) in [7, 11) is 0. The van der Waals surface area contributed by atoms with E-state index in [0.717, 1.165) is 19.6 Å². The van der Waals surface area contributed by atoms with Gasteiger partial charge >= 0.3 is 6.09 Å². The van der Waals surface area contributed by atoms with Crippen molar-refractivity contribution in [2.45, 2.75) is 65.5 Å². The lowest BCUT2D eigenvalue weighted by molar-refractivity contribution is 0.0171. The van der Waals surface area contributed by atoms with Crippen molar-refractivity contribution < 1.29 is 9.53 Å². The molecule has 1 aliphatic carbocycles. The van der Waals surface area contributed by atoms with E-state index in [-0.39, 0.29) is 6.09 Å². The van der Waals surface area contributed by atoms with E-state index in [1.54, 1.807) is 0 Å². The maximum absolute atomic E-state index is 12.2. The van der Waals surface area contributed by atoms with Gasteiger partial charge in [-0.05, 0) is 51.4 Å². The molecule has 0 spiro atoms. The molecule has 116 valence electrons. The lowest BCUT2D eigenvalue weighted by Gasteiger charge is -2.37. The fraction of sp³-hybridized carbons (Fsp3) is 0.938. The SMILES string of the molecule is CC1(C)CCC(C2CN(C(=O)OC(C)(C)C)CCN2)C1. The van der Waals surface area contributed by atoms with Crippen molar-refractivity contribution in [2.75, 3.05) is 19.6 Å². The third-order valence-corrected chi connectivity index (χ3v) is 4.43. The van der Waals surface area contributed by atoms with E-state index in [9.17, 15) is 4.79 Å². The van der Waals surface area contributed by atoms with E-state index >= 15 is 0 Å². The molecule has 4 heteroatoms. The number of ether oxygens (including phenoxy) is 1. The second-order valence-electron chi connectivity index (χ2n) is 8.15. The smallest absolute Gasteiger partial charge is 0.410 e. The van der Waals surface area contributed by atoms with Gasteiger partial charge in [-0.1, -0.05) is 13.8 Å². The quantitative estimate of drug-likeness (QED) is 0.804. The molecule has 2 unspecified atom stereocenters. The van der Waals surface area contributed by atoms with Gasteiger partial charge in [-0.3, -0.25) is 0 Å². The van der Waals surface area contributed by atoms with Gasteiger partial charge in [0.2, 0.25) is 0 Å². The summed E-state index contributed by atoms with van der Waals surface area (Å²) in [6, 6.07) is 0.429. The monoisotopic (exact) mass is 282 g/mol. The summed E-state index contributed by atoms with van der Waals surface area (Å²) in [4.78, 5) is 14.1. The van der Waals surface area contributed by atoms with Crippen LogP contribution in [0.25, 0.3) is 0 Å². The number of hydrogen-bond donors (Lipinski definition) is 1. The van der Waals surface area contributed by atoms with Crippen LogP contribution in [0.15, 0.2) is 0 Å². The maximum Gasteiger partial charge on any atom is 0.410 e. The minimum atomic E-state index is -0.410. The molecular weight excluding hydrogens is 252 g/mol. The van der Waals surface area contributed by atoms with Crippen LogP contribution in [0.5, 0.6) is 0 Å². The number of nitrogens with zero attached hydrogens (tertiary/aromatic N) is 1. The van der Waals surface area contributed by atoms with E-state index in [0.29, 0.717) is 17.4 Å². The zero-order valence-electron chi connectivity index (χ0n) is 13.7. The summed E-state index contributed by atoms with van der Waals surface area (Å²) in [6.07, 6.45) is 3.66. The summed E-state index contributed by atoms with van der Waals surface area (Å²) < 4.78 is 5.49.